The number of phenolic OH excluding ortho intramolecular Hbond substituents is 1. The lowest BCUT2D eigenvalue weighted by atomic mass is 10.1. The number of phenols is 1. The number of aromatic hydroxyl groups is 1. The first-order valence-electron chi connectivity index (χ1n) is 6.21. The van der Waals surface area contributed by atoms with Crippen molar-refractivity contribution in [1.29, 1.82) is 0 Å². The number of aromatic nitrogens is 1. The van der Waals surface area contributed by atoms with Crippen molar-refractivity contribution < 1.29 is 13.5 Å². The van der Waals surface area contributed by atoms with Gasteiger partial charge in [-0.05, 0) is 41.8 Å². The highest BCUT2D eigenvalue weighted by Crippen LogP contribution is 2.25. The van der Waals surface area contributed by atoms with Crippen LogP contribution in [0.15, 0.2) is 65.8 Å². The van der Waals surface area contributed by atoms with Gasteiger partial charge in [0.15, 0.2) is 0 Å². The number of hydrogen-bond acceptors (Lipinski definition) is 4. The second kappa shape index (κ2) is 5.06. The van der Waals surface area contributed by atoms with Gasteiger partial charge in [-0.2, -0.15) is 0 Å². The average molecular weight is 300 g/mol. The predicted molar refractivity (Wildman–Crippen MR) is 80.7 cm³/mol. The van der Waals surface area contributed by atoms with E-state index in [-0.39, 0.29) is 10.6 Å². The van der Waals surface area contributed by atoms with Crippen LogP contribution in [0.4, 0.5) is 5.69 Å². The molecule has 0 radical (unpaired) electrons. The molecule has 3 rings (SSSR count). The molecule has 0 unspecified atom stereocenters. The minimum absolute atomic E-state index is 0.0170. The van der Waals surface area contributed by atoms with Crippen molar-refractivity contribution in [1.82, 2.24) is 4.98 Å². The van der Waals surface area contributed by atoms with E-state index < -0.39 is 10.0 Å². The first kappa shape index (κ1) is 13.4. The number of pyridine rings is 1. The van der Waals surface area contributed by atoms with Crippen molar-refractivity contribution in [2.24, 2.45) is 0 Å². The fraction of sp³-hybridized carbons (Fsp3) is 0. The number of hydrogen-bond donors (Lipinski definition) is 2. The van der Waals surface area contributed by atoms with Crippen molar-refractivity contribution in [3.63, 3.8) is 0 Å². The lowest BCUT2D eigenvalue weighted by Gasteiger charge is -2.10. The molecule has 3 aromatic rings. The molecule has 5 nitrogen and oxygen atoms in total. The van der Waals surface area contributed by atoms with Gasteiger partial charge in [0.05, 0.1) is 10.6 Å². The molecule has 0 bridgehead atoms. The van der Waals surface area contributed by atoms with Crippen LogP contribution in [-0.2, 0) is 10.0 Å². The largest absolute Gasteiger partial charge is 0.508 e. The van der Waals surface area contributed by atoms with Crippen LogP contribution in [-0.4, -0.2) is 18.5 Å². The number of rotatable bonds is 3. The third-order valence-electron chi connectivity index (χ3n) is 3.07. The Labute approximate surface area is 121 Å². The summed E-state index contributed by atoms with van der Waals surface area (Å²) >= 11 is 0. The van der Waals surface area contributed by atoms with Gasteiger partial charge in [0, 0.05) is 17.8 Å². The molecular formula is C15H12N2O3S. The molecule has 1 heterocycles. The minimum atomic E-state index is -3.71. The molecule has 0 spiro atoms. The van der Waals surface area contributed by atoms with Gasteiger partial charge in [-0.1, -0.05) is 12.1 Å². The molecule has 0 amide bonds. The lowest BCUT2D eigenvalue weighted by molar-refractivity contribution is 0.475. The fourth-order valence-electron chi connectivity index (χ4n) is 2.03. The monoisotopic (exact) mass is 300 g/mol. The van der Waals surface area contributed by atoms with Crippen molar-refractivity contribution in [2.75, 3.05) is 4.72 Å². The number of fused-ring (bicyclic) bond motifs is 1. The maximum atomic E-state index is 12.3. The number of nitrogens with one attached hydrogen (secondary N) is 1. The van der Waals surface area contributed by atoms with E-state index in [1.54, 1.807) is 24.5 Å². The van der Waals surface area contributed by atoms with Crippen LogP contribution < -0.4 is 4.72 Å². The summed E-state index contributed by atoms with van der Waals surface area (Å²) < 4.78 is 27.2. The standard InChI is InChI=1S/C15H12N2O3S/c18-12-4-6-13(7-5-12)21(19,20)17-15-3-1-2-11-8-9-16-10-14(11)15/h1-10,17-18H. The van der Waals surface area contributed by atoms with Gasteiger partial charge in [-0.15, -0.1) is 0 Å². The van der Waals surface area contributed by atoms with Crippen LogP contribution in [0.2, 0.25) is 0 Å². The second-order valence-electron chi connectivity index (χ2n) is 4.50. The van der Waals surface area contributed by atoms with E-state index in [0.717, 1.165) is 10.8 Å². The van der Waals surface area contributed by atoms with Gasteiger partial charge in [-0.3, -0.25) is 9.71 Å². The third-order valence-corrected chi connectivity index (χ3v) is 4.46. The summed E-state index contributed by atoms with van der Waals surface area (Å²) in [6, 6.07) is 12.5. The zero-order valence-corrected chi connectivity index (χ0v) is 11.7. The molecule has 0 atom stereocenters. The topological polar surface area (TPSA) is 79.3 Å². The number of benzene rings is 2. The van der Waals surface area contributed by atoms with Crippen molar-refractivity contribution in [3.05, 3.63) is 60.9 Å². The SMILES string of the molecule is O=S(=O)(Nc1cccc2ccncc12)c1ccc(O)cc1. The highest BCUT2D eigenvalue weighted by molar-refractivity contribution is 7.92. The molecule has 0 saturated carbocycles. The highest BCUT2D eigenvalue weighted by atomic mass is 32.2. The molecule has 0 saturated heterocycles. The molecule has 0 aliphatic heterocycles. The average Bonchev–Trinajstić information content (AvgIpc) is 2.48. The smallest absolute Gasteiger partial charge is 0.261 e. The Bertz CT molecular complexity index is 885. The van der Waals surface area contributed by atoms with Crippen LogP contribution in [0.3, 0.4) is 0 Å². The van der Waals surface area contributed by atoms with Crippen molar-refractivity contribution >= 4 is 26.5 Å². The van der Waals surface area contributed by atoms with Crippen molar-refractivity contribution in [3.8, 4) is 5.75 Å². The minimum Gasteiger partial charge on any atom is -0.508 e. The van der Waals surface area contributed by atoms with Gasteiger partial charge in [0.2, 0.25) is 0 Å². The van der Waals surface area contributed by atoms with E-state index in [0.29, 0.717) is 5.69 Å². The molecule has 1 aromatic heterocycles. The second-order valence-corrected chi connectivity index (χ2v) is 6.18. The Morgan fingerprint density at radius 1 is 1.00 bits per heavy atom. The van der Waals surface area contributed by atoms with Gasteiger partial charge in [0.1, 0.15) is 5.75 Å². The van der Waals surface area contributed by atoms with Gasteiger partial charge in [-0.25, -0.2) is 8.42 Å². The Kier molecular flexibility index (Phi) is 3.23. The summed E-state index contributed by atoms with van der Waals surface area (Å²) in [4.78, 5) is 4.10. The molecule has 0 aliphatic rings. The fourth-order valence-corrected chi connectivity index (χ4v) is 3.11. The van der Waals surface area contributed by atoms with E-state index in [9.17, 15) is 13.5 Å². The van der Waals surface area contributed by atoms with E-state index in [2.05, 4.69) is 9.71 Å². The maximum Gasteiger partial charge on any atom is 0.261 e. The van der Waals surface area contributed by atoms with Crippen LogP contribution in [0, 0.1) is 0 Å². The van der Waals surface area contributed by atoms with Gasteiger partial charge in [0.25, 0.3) is 10.0 Å². The number of sulfonamides is 1. The Morgan fingerprint density at radius 2 is 1.76 bits per heavy atom. The Morgan fingerprint density at radius 3 is 2.52 bits per heavy atom. The molecule has 21 heavy (non-hydrogen) atoms. The molecule has 2 N–H and O–H groups in total. The highest BCUT2D eigenvalue weighted by Gasteiger charge is 2.15. The van der Waals surface area contributed by atoms with Crippen LogP contribution in [0.1, 0.15) is 0 Å². The first-order valence-corrected chi connectivity index (χ1v) is 7.69. The van der Waals surface area contributed by atoms with E-state index in [1.807, 2.05) is 12.1 Å². The molecule has 0 aliphatic carbocycles. The van der Waals surface area contributed by atoms with E-state index in [1.165, 1.54) is 24.3 Å². The Balaban J connectivity index is 2.03. The van der Waals surface area contributed by atoms with Gasteiger partial charge < -0.3 is 5.11 Å². The summed E-state index contributed by atoms with van der Waals surface area (Å²) in [5, 5.41) is 10.9. The van der Waals surface area contributed by atoms with E-state index in [4.69, 9.17) is 0 Å². The Hall–Kier alpha value is -2.60. The third kappa shape index (κ3) is 2.66. The quantitative estimate of drug-likeness (QED) is 0.779. The number of anilines is 1. The van der Waals surface area contributed by atoms with Crippen LogP contribution in [0.5, 0.6) is 5.75 Å². The molecule has 0 fully saturated rings. The molecule has 2 aromatic carbocycles. The molecule has 106 valence electrons. The van der Waals surface area contributed by atoms with Crippen LogP contribution in [0.25, 0.3) is 10.8 Å². The normalized spacial score (nSPS) is 11.4. The van der Waals surface area contributed by atoms with Gasteiger partial charge >= 0.3 is 0 Å². The first-order chi connectivity index (χ1) is 10.1. The zero-order valence-electron chi connectivity index (χ0n) is 10.9. The predicted octanol–water partition coefficient (Wildman–Crippen LogP) is 2.74. The number of nitrogens with zero attached hydrogens (tertiary/aromatic N) is 1. The van der Waals surface area contributed by atoms with Crippen LogP contribution >= 0.6 is 0 Å². The lowest BCUT2D eigenvalue weighted by Crippen LogP contribution is -2.13. The zero-order chi connectivity index (χ0) is 14.9. The molecule has 6 heteroatoms. The van der Waals surface area contributed by atoms with E-state index >= 15 is 0 Å². The summed E-state index contributed by atoms with van der Waals surface area (Å²) in [7, 11) is -3.71. The summed E-state index contributed by atoms with van der Waals surface area (Å²) in [6.45, 7) is 0. The summed E-state index contributed by atoms with van der Waals surface area (Å²) in [5.41, 5.74) is 0.466. The summed E-state index contributed by atoms with van der Waals surface area (Å²) in [5.74, 6) is 0.0170. The summed E-state index contributed by atoms with van der Waals surface area (Å²) in [6.07, 6.45) is 3.27. The maximum absolute atomic E-state index is 12.3. The van der Waals surface area contributed by atoms with Crippen molar-refractivity contribution in [2.45, 2.75) is 4.90 Å². The molecular weight excluding hydrogens is 288 g/mol.